The summed E-state index contributed by atoms with van der Waals surface area (Å²) >= 11 is 0. The number of anilines is 1. The van der Waals surface area contributed by atoms with Gasteiger partial charge in [-0.15, -0.1) is 0 Å². The van der Waals surface area contributed by atoms with Gasteiger partial charge in [0.05, 0.1) is 16.3 Å². The molecule has 0 aliphatic rings. The summed E-state index contributed by atoms with van der Waals surface area (Å²) < 4.78 is 23.8. The molecule has 1 rings (SSSR count). The number of hydrogen-bond donors (Lipinski definition) is 2. The molecule has 1 aromatic rings. The molecule has 0 aliphatic heterocycles. The summed E-state index contributed by atoms with van der Waals surface area (Å²) in [7, 11) is -1.76. The summed E-state index contributed by atoms with van der Waals surface area (Å²) in [5, 5.41) is 5.42. The van der Waals surface area contributed by atoms with E-state index in [1.807, 2.05) is 0 Å². The highest BCUT2D eigenvalue weighted by Crippen LogP contribution is 2.22. The number of rotatable bonds is 5. The molecule has 1 atom stereocenters. The Kier molecular flexibility index (Phi) is 4.72. The summed E-state index contributed by atoms with van der Waals surface area (Å²) in [6.45, 7) is 3.27. The van der Waals surface area contributed by atoms with E-state index in [4.69, 9.17) is 0 Å². The van der Waals surface area contributed by atoms with Crippen LogP contribution in [0.25, 0.3) is 0 Å². The topological polar surface area (TPSA) is 75.3 Å². The van der Waals surface area contributed by atoms with Crippen molar-refractivity contribution in [3.8, 4) is 0 Å². The first kappa shape index (κ1) is 14.5. The zero-order valence-corrected chi connectivity index (χ0v) is 11.5. The Morgan fingerprint density at radius 1 is 1.33 bits per heavy atom. The van der Waals surface area contributed by atoms with E-state index in [-0.39, 0.29) is 16.6 Å². The molecule has 0 radical (unpaired) electrons. The van der Waals surface area contributed by atoms with Gasteiger partial charge in [0.25, 0.3) is 0 Å². The van der Waals surface area contributed by atoms with Crippen LogP contribution >= 0.6 is 0 Å². The first-order valence-corrected chi connectivity index (χ1v) is 7.37. The molecule has 0 aliphatic carbocycles. The van der Waals surface area contributed by atoms with E-state index in [1.165, 1.54) is 13.1 Å². The SMILES string of the molecule is CCS(=O)(=O)c1ccccc1NC(C)C(=O)NC. The fourth-order valence-electron chi connectivity index (χ4n) is 1.53. The van der Waals surface area contributed by atoms with Gasteiger partial charge >= 0.3 is 0 Å². The molecule has 1 amide bonds. The second-order valence-corrected chi connectivity index (χ2v) is 6.13. The number of nitrogens with one attached hydrogen (secondary N) is 2. The van der Waals surface area contributed by atoms with Gasteiger partial charge in [-0.2, -0.15) is 0 Å². The standard InChI is InChI=1S/C12H18N2O3S/c1-4-18(16,17)11-8-6-5-7-10(11)14-9(2)12(15)13-3/h5-9,14H,4H2,1-3H3,(H,13,15). The second kappa shape index (κ2) is 5.86. The van der Waals surface area contributed by atoms with Gasteiger partial charge in [0, 0.05) is 7.05 Å². The largest absolute Gasteiger partial charge is 0.373 e. The minimum absolute atomic E-state index is 0.0278. The van der Waals surface area contributed by atoms with Gasteiger partial charge in [0.15, 0.2) is 9.84 Å². The van der Waals surface area contributed by atoms with Crippen LogP contribution in [0.1, 0.15) is 13.8 Å². The number of sulfone groups is 1. The van der Waals surface area contributed by atoms with Crippen molar-refractivity contribution in [1.82, 2.24) is 5.32 Å². The third kappa shape index (κ3) is 3.22. The van der Waals surface area contributed by atoms with E-state index >= 15 is 0 Å². The quantitative estimate of drug-likeness (QED) is 0.838. The van der Waals surface area contributed by atoms with E-state index in [9.17, 15) is 13.2 Å². The van der Waals surface area contributed by atoms with Gasteiger partial charge in [0.1, 0.15) is 6.04 Å². The lowest BCUT2D eigenvalue weighted by atomic mass is 10.2. The third-order valence-corrected chi connectivity index (χ3v) is 4.40. The number of para-hydroxylation sites is 1. The molecule has 100 valence electrons. The molecule has 0 spiro atoms. The zero-order chi connectivity index (χ0) is 13.8. The highest BCUT2D eigenvalue weighted by atomic mass is 32.2. The van der Waals surface area contributed by atoms with Crippen LogP contribution in [0.2, 0.25) is 0 Å². The third-order valence-electron chi connectivity index (χ3n) is 2.61. The highest BCUT2D eigenvalue weighted by molar-refractivity contribution is 7.91. The molecule has 0 saturated carbocycles. The van der Waals surface area contributed by atoms with Crippen molar-refractivity contribution in [3.05, 3.63) is 24.3 Å². The molecule has 5 nitrogen and oxygen atoms in total. The highest BCUT2D eigenvalue weighted by Gasteiger charge is 2.18. The number of carbonyl (C=O) groups is 1. The molecule has 0 bridgehead atoms. The number of carbonyl (C=O) groups excluding carboxylic acids is 1. The first-order valence-electron chi connectivity index (χ1n) is 5.72. The van der Waals surface area contributed by atoms with Crippen LogP contribution in [0.5, 0.6) is 0 Å². The number of amides is 1. The van der Waals surface area contributed by atoms with Crippen molar-refractivity contribution in [2.45, 2.75) is 24.8 Å². The maximum atomic E-state index is 11.9. The average molecular weight is 270 g/mol. The Bertz CT molecular complexity index is 526. The van der Waals surface area contributed by atoms with Crippen LogP contribution in [0.15, 0.2) is 29.2 Å². The molecule has 1 unspecified atom stereocenters. The van der Waals surface area contributed by atoms with Crippen LogP contribution in [0, 0.1) is 0 Å². The summed E-state index contributed by atoms with van der Waals surface area (Å²) in [6.07, 6.45) is 0. The molecule has 18 heavy (non-hydrogen) atoms. The fourth-order valence-corrected chi connectivity index (χ4v) is 2.59. The lowest BCUT2D eigenvalue weighted by Gasteiger charge is -2.16. The summed E-state index contributed by atoms with van der Waals surface area (Å²) in [5.74, 6) is -0.168. The van der Waals surface area contributed by atoms with Crippen LogP contribution in [-0.2, 0) is 14.6 Å². The minimum Gasteiger partial charge on any atom is -0.373 e. The number of benzene rings is 1. The molecule has 0 fully saturated rings. The van der Waals surface area contributed by atoms with E-state index in [2.05, 4.69) is 10.6 Å². The van der Waals surface area contributed by atoms with Crippen LogP contribution in [-0.4, -0.2) is 33.2 Å². The van der Waals surface area contributed by atoms with E-state index in [0.717, 1.165) is 0 Å². The zero-order valence-electron chi connectivity index (χ0n) is 10.7. The van der Waals surface area contributed by atoms with Crippen molar-refractivity contribution in [2.24, 2.45) is 0 Å². The Hall–Kier alpha value is -1.56. The van der Waals surface area contributed by atoms with Crippen LogP contribution in [0.4, 0.5) is 5.69 Å². The number of hydrogen-bond acceptors (Lipinski definition) is 4. The van der Waals surface area contributed by atoms with Gasteiger partial charge in [0.2, 0.25) is 5.91 Å². The molecular formula is C12H18N2O3S. The minimum atomic E-state index is -3.30. The summed E-state index contributed by atoms with van der Waals surface area (Å²) in [5.41, 5.74) is 0.454. The lowest BCUT2D eigenvalue weighted by molar-refractivity contribution is -0.121. The van der Waals surface area contributed by atoms with Gasteiger partial charge in [-0.3, -0.25) is 4.79 Å². The average Bonchev–Trinajstić information content (AvgIpc) is 2.38. The summed E-state index contributed by atoms with van der Waals surface area (Å²) in [6, 6.07) is 6.09. The molecular weight excluding hydrogens is 252 g/mol. The van der Waals surface area contributed by atoms with E-state index in [0.29, 0.717) is 5.69 Å². The van der Waals surface area contributed by atoms with Crippen molar-refractivity contribution < 1.29 is 13.2 Å². The van der Waals surface area contributed by atoms with E-state index in [1.54, 1.807) is 32.0 Å². The maximum Gasteiger partial charge on any atom is 0.241 e. The van der Waals surface area contributed by atoms with Crippen molar-refractivity contribution >= 4 is 21.4 Å². The molecule has 6 heteroatoms. The molecule has 0 heterocycles. The predicted molar refractivity (Wildman–Crippen MR) is 71.3 cm³/mol. The van der Waals surface area contributed by atoms with Crippen molar-refractivity contribution in [1.29, 1.82) is 0 Å². The summed E-state index contributed by atoms with van der Waals surface area (Å²) in [4.78, 5) is 11.6. The van der Waals surface area contributed by atoms with E-state index < -0.39 is 15.9 Å². The smallest absolute Gasteiger partial charge is 0.241 e. The molecule has 1 aromatic carbocycles. The second-order valence-electron chi connectivity index (χ2n) is 3.88. The van der Waals surface area contributed by atoms with Crippen molar-refractivity contribution in [3.63, 3.8) is 0 Å². The molecule has 0 aromatic heterocycles. The van der Waals surface area contributed by atoms with Crippen LogP contribution < -0.4 is 10.6 Å². The fraction of sp³-hybridized carbons (Fsp3) is 0.417. The Labute approximate surface area is 108 Å². The number of likely N-dealkylation sites (N-methyl/N-ethyl adjacent to an activating group) is 1. The van der Waals surface area contributed by atoms with Gasteiger partial charge in [-0.25, -0.2) is 8.42 Å². The van der Waals surface area contributed by atoms with Crippen LogP contribution in [0.3, 0.4) is 0 Å². The predicted octanol–water partition coefficient (Wildman–Crippen LogP) is 1.03. The Balaban J connectivity index is 3.08. The van der Waals surface area contributed by atoms with Crippen molar-refractivity contribution in [2.75, 3.05) is 18.1 Å². The Morgan fingerprint density at radius 3 is 2.50 bits per heavy atom. The lowest BCUT2D eigenvalue weighted by Crippen LogP contribution is -2.35. The molecule has 0 saturated heterocycles. The van der Waals surface area contributed by atoms with Gasteiger partial charge in [-0.05, 0) is 19.1 Å². The first-order chi connectivity index (χ1) is 8.42. The van der Waals surface area contributed by atoms with Gasteiger partial charge in [-0.1, -0.05) is 19.1 Å². The maximum absolute atomic E-state index is 11.9. The molecule has 2 N–H and O–H groups in total. The monoisotopic (exact) mass is 270 g/mol. The van der Waals surface area contributed by atoms with Gasteiger partial charge < -0.3 is 10.6 Å². The Morgan fingerprint density at radius 2 is 1.94 bits per heavy atom. The normalized spacial score (nSPS) is 12.8.